The fourth-order valence-corrected chi connectivity index (χ4v) is 1.62. The van der Waals surface area contributed by atoms with Crippen LogP contribution in [0.1, 0.15) is 33.6 Å². The maximum absolute atomic E-state index is 11.7. The van der Waals surface area contributed by atoms with Crippen LogP contribution in [-0.4, -0.2) is 48.3 Å². The minimum atomic E-state index is -0.202. The Bertz CT molecular complexity index is 173. The van der Waals surface area contributed by atoms with E-state index in [9.17, 15) is 4.79 Å². The van der Waals surface area contributed by atoms with E-state index in [1.54, 1.807) is 0 Å². The lowest BCUT2D eigenvalue weighted by molar-refractivity contribution is -0.150. The van der Waals surface area contributed by atoms with Gasteiger partial charge < -0.3 is 9.84 Å². The van der Waals surface area contributed by atoms with Gasteiger partial charge in [0, 0.05) is 6.54 Å². The Kier molecular flexibility index (Phi) is 8.33. The van der Waals surface area contributed by atoms with Crippen molar-refractivity contribution < 1.29 is 14.6 Å². The molecule has 4 heteroatoms. The van der Waals surface area contributed by atoms with E-state index in [-0.39, 0.29) is 18.6 Å². The zero-order chi connectivity index (χ0) is 11.7. The molecule has 0 saturated heterocycles. The molecule has 0 aliphatic heterocycles. The van der Waals surface area contributed by atoms with Crippen LogP contribution in [0.25, 0.3) is 0 Å². The first-order valence-corrected chi connectivity index (χ1v) is 5.72. The summed E-state index contributed by atoms with van der Waals surface area (Å²) in [4.78, 5) is 13.6. The topological polar surface area (TPSA) is 49.8 Å². The molecule has 0 aliphatic rings. The number of nitrogens with zero attached hydrogens (tertiary/aromatic N) is 1. The maximum atomic E-state index is 11.7. The van der Waals surface area contributed by atoms with Crippen molar-refractivity contribution in [2.24, 2.45) is 0 Å². The van der Waals surface area contributed by atoms with E-state index in [2.05, 4.69) is 0 Å². The first kappa shape index (κ1) is 14.4. The minimum absolute atomic E-state index is 0.0768. The molecule has 15 heavy (non-hydrogen) atoms. The molecule has 0 heterocycles. The highest BCUT2D eigenvalue weighted by Crippen LogP contribution is 2.08. The molecular weight excluding hydrogens is 194 g/mol. The molecule has 0 amide bonds. The molecule has 0 aromatic heterocycles. The monoisotopic (exact) mass is 217 g/mol. The highest BCUT2D eigenvalue weighted by Gasteiger charge is 2.24. The van der Waals surface area contributed by atoms with Gasteiger partial charge in [0.15, 0.2) is 0 Å². The molecular formula is C11H23NO3. The van der Waals surface area contributed by atoms with Gasteiger partial charge in [-0.2, -0.15) is 0 Å². The second-order valence-electron chi connectivity index (χ2n) is 3.41. The largest absolute Gasteiger partial charge is 0.465 e. The number of aliphatic hydroxyl groups excluding tert-OH is 1. The van der Waals surface area contributed by atoms with E-state index < -0.39 is 0 Å². The van der Waals surface area contributed by atoms with Crippen LogP contribution in [0, 0.1) is 0 Å². The van der Waals surface area contributed by atoms with Crippen LogP contribution in [0.2, 0.25) is 0 Å². The molecule has 0 aliphatic carbocycles. The summed E-state index contributed by atoms with van der Waals surface area (Å²) in [5.41, 5.74) is 0. The Morgan fingerprint density at radius 3 is 2.47 bits per heavy atom. The number of likely N-dealkylation sites (N-methyl/N-ethyl adjacent to an activating group) is 1. The molecule has 0 aromatic rings. The fourth-order valence-electron chi connectivity index (χ4n) is 1.62. The average molecular weight is 217 g/mol. The first-order valence-electron chi connectivity index (χ1n) is 5.72. The van der Waals surface area contributed by atoms with Gasteiger partial charge in [-0.15, -0.1) is 0 Å². The number of carbonyl (C=O) groups is 1. The van der Waals surface area contributed by atoms with Gasteiger partial charge in [0.2, 0.25) is 0 Å². The summed E-state index contributed by atoms with van der Waals surface area (Å²) in [5, 5.41) is 8.90. The van der Waals surface area contributed by atoms with Crippen molar-refractivity contribution in [2.75, 3.05) is 26.3 Å². The van der Waals surface area contributed by atoms with E-state index in [0.717, 1.165) is 19.4 Å². The zero-order valence-corrected chi connectivity index (χ0v) is 10.0. The van der Waals surface area contributed by atoms with Crippen LogP contribution < -0.4 is 0 Å². The van der Waals surface area contributed by atoms with Crippen molar-refractivity contribution in [3.8, 4) is 0 Å². The zero-order valence-electron chi connectivity index (χ0n) is 10.0. The third kappa shape index (κ3) is 5.14. The van der Waals surface area contributed by atoms with E-state index >= 15 is 0 Å². The normalized spacial score (nSPS) is 12.9. The number of rotatable bonds is 8. The van der Waals surface area contributed by atoms with Crippen molar-refractivity contribution >= 4 is 5.97 Å². The second kappa shape index (κ2) is 8.68. The molecule has 0 rings (SSSR count). The Morgan fingerprint density at radius 2 is 2.07 bits per heavy atom. The van der Waals surface area contributed by atoms with Gasteiger partial charge >= 0.3 is 5.97 Å². The number of esters is 1. The van der Waals surface area contributed by atoms with Gasteiger partial charge in [-0.1, -0.05) is 20.3 Å². The summed E-state index contributed by atoms with van der Waals surface area (Å²) < 4.78 is 5.02. The molecule has 0 fully saturated rings. The van der Waals surface area contributed by atoms with Crippen LogP contribution in [-0.2, 0) is 9.53 Å². The summed E-state index contributed by atoms with van der Waals surface area (Å²) in [5.74, 6) is -0.172. The van der Waals surface area contributed by atoms with Gasteiger partial charge in [0.1, 0.15) is 6.04 Å². The van der Waals surface area contributed by atoms with Crippen molar-refractivity contribution in [3.05, 3.63) is 0 Å². The Balaban J connectivity index is 4.38. The molecule has 4 nitrogen and oxygen atoms in total. The van der Waals surface area contributed by atoms with E-state index in [4.69, 9.17) is 9.84 Å². The van der Waals surface area contributed by atoms with E-state index in [1.165, 1.54) is 0 Å². The molecule has 0 aromatic carbocycles. The maximum Gasteiger partial charge on any atom is 0.323 e. The SMILES string of the molecule is CCCC(C(=O)OCC)N(CC)CCO. The third-order valence-corrected chi connectivity index (χ3v) is 2.35. The molecule has 0 saturated carbocycles. The first-order chi connectivity index (χ1) is 7.21. The summed E-state index contributed by atoms with van der Waals surface area (Å²) >= 11 is 0. The van der Waals surface area contributed by atoms with Crippen molar-refractivity contribution in [2.45, 2.75) is 39.7 Å². The van der Waals surface area contributed by atoms with Crippen molar-refractivity contribution in [3.63, 3.8) is 0 Å². The van der Waals surface area contributed by atoms with E-state index in [1.807, 2.05) is 25.7 Å². The number of hydrogen-bond acceptors (Lipinski definition) is 4. The highest BCUT2D eigenvalue weighted by atomic mass is 16.5. The van der Waals surface area contributed by atoms with Gasteiger partial charge in [0.05, 0.1) is 13.2 Å². The highest BCUT2D eigenvalue weighted by molar-refractivity contribution is 5.75. The molecule has 0 bridgehead atoms. The molecule has 0 radical (unpaired) electrons. The predicted molar refractivity (Wildman–Crippen MR) is 59.7 cm³/mol. The lowest BCUT2D eigenvalue weighted by atomic mass is 10.1. The minimum Gasteiger partial charge on any atom is -0.465 e. The Morgan fingerprint density at radius 1 is 1.40 bits per heavy atom. The summed E-state index contributed by atoms with van der Waals surface area (Å²) in [6.07, 6.45) is 1.72. The van der Waals surface area contributed by atoms with Crippen LogP contribution in [0.4, 0.5) is 0 Å². The Labute approximate surface area is 92.2 Å². The van der Waals surface area contributed by atoms with Crippen LogP contribution in [0.5, 0.6) is 0 Å². The molecule has 1 atom stereocenters. The molecule has 1 unspecified atom stereocenters. The lowest BCUT2D eigenvalue weighted by Crippen LogP contribution is -2.43. The molecule has 0 spiro atoms. The quantitative estimate of drug-likeness (QED) is 0.617. The van der Waals surface area contributed by atoms with Crippen LogP contribution in [0.15, 0.2) is 0 Å². The summed E-state index contributed by atoms with van der Waals surface area (Å²) in [7, 11) is 0. The Hall–Kier alpha value is -0.610. The summed E-state index contributed by atoms with van der Waals surface area (Å²) in [6.45, 7) is 7.60. The number of carbonyl (C=O) groups excluding carboxylic acids is 1. The van der Waals surface area contributed by atoms with Gasteiger partial charge in [-0.05, 0) is 19.9 Å². The summed E-state index contributed by atoms with van der Waals surface area (Å²) in [6, 6.07) is -0.202. The fraction of sp³-hybridized carbons (Fsp3) is 0.909. The standard InChI is InChI=1S/C11H23NO3/c1-4-7-10(11(14)15-6-3)12(5-2)8-9-13/h10,13H,4-9H2,1-3H3. The molecule has 90 valence electrons. The second-order valence-corrected chi connectivity index (χ2v) is 3.41. The average Bonchev–Trinajstić information content (AvgIpc) is 2.23. The van der Waals surface area contributed by atoms with Crippen molar-refractivity contribution in [1.82, 2.24) is 4.90 Å². The third-order valence-electron chi connectivity index (χ3n) is 2.35. The number of ether oxygens (including phenoxy) is 1. The van der Waals surface area contributed by atoms with Crippen LogP contribution in [0.3, 0.4) is 0 Å². The van der Waals surface area contributed by atoms with Crippen molar-refractivity contribution in [1.29, 1.82) is 0 Å². The molecule has 1 N–H and O–H groups in total. The van der Waals surface area contributed by atoms with Gasteiger partial charge in [0.25, 0.3) is 0 Å². The van der Waals surface area contributed by atoms with Gasteiger partial charge in [-0.25, -0.2) is 0 Å². The number of aliphatic hydroxyl groups is 1. The van der Waals surface area contributed by atoms with Crippen LogP contribution >= 0.6 is 0 Å². The smallest absolute Gasteiger partial charge is 0.323 e. The van der Waals surface area contributed by atoms with Gasteiger partial charge in [-0.3, -0.25) is 9.69 Å². The predicted octanol–water partition coefficient (Wildman–Crippen LogP) is 1.03. The van der Waals surface area contributed by atoms with E-state index in [0.29, 0.717) is 13.2 Å². The lowest BCUT2D eigenvalue weighted by Gasteiger charge is -2.27. The number of hydrogen-bond donors (Lipinski definition) is 1.